The zero-order chi connectivity index (χ0) is 65.4. The predicted molar refractivity (Wildman–Crippen MR) is 351 cm³/mol. The number of carbonyl (C=O) groups is 1. The summed E-state index contributed by atoms with van der Waals surface area (Å²) in [6, 6.07) is -0.994. The molecule has 3 fully saturated rings. The zero-order valence-corrected chi connectivity index (χ0v) is 55.9. The summed E-state index contributed by atoms with van der Waals surface area (Å²) >= 11 is 0. The minimum atomic E-state index is -1.98. The van der Waals surface area contributed by atoms with Gasteiger partial charge in [0.2, 0.25) is 5.91 Å². The molecule has 0 aromatic heterocycles. The molecule has 17 unspecified atom stereocenters. The lowest BCUT2D eigenvalue weighted by molar-refractivity contribution is -0.379. The van der Waals surface area contributed by atoms with Crippen molar-refractivity contribution in [1.29, 1.82) is 0 Å². The summed E-state index contributed by atoms with van der Waals surface area (Å²) in [5, 5.41) is 120. The molecule has 17 atom stereocenters. The molecular weight excluding hydrogens is 1150 g/mol. The Labute approximate surface area is 542 Å². The molecule has 90 heavy (non-hydrogen) atoms. The highest BCUT2D eigenvalue weighted by molar-refractivity contribution is 5.76. The van der Waals surface area contributed by atoms with E-state index in [4.69, 9.17) is 28.4 Å². The standard InChI is InChI=1S/C71H131NO18/c1-3-5-7-9-11-13-15-17-19-20-21-22-23-24-25-26-27-28-29-30-31-32-33-35-36-38-40-42-44-46-48-55(76)54(72-59(77)49-47-45-43-41-39-37-34-18-16-14-12-10-8-6-4-2)53-85-69-65(83)62(80)67(57(51-74)87-69)90-71-66(84)63(81)68(58(52-75)88-71)89-70-64(82)61(79)60(78)56(50-73)86-70/h18,34,38,40,46,48,54-58,60-71,73-76,78-84H,3-17,19-33,35-37,39,41-45,47,49-53H2,1-2H3,(H,72,77)/b34-18-,40-38+,48-46+. The number of ether oxygens (including phenoxy) is 6. The Bertz CT molecular complexity index is 1780. The van der Waals surface area contributed by atoms with E-state index in [1.807, 2.05) is 6.08 Å². The van der Waals surface area contributed by atoms with Gasteiger partial charge in [-0.3, -0.25) is 4.79 Å². The summed E-state index contributed by atoms with van der Waals surface area (Å²) < 4.78 is 34.3. The highest BCUT2D eigenvalue weighted by Crippen LogP contribution is 2.33. The van der Waals surface area contributed by atoms with E-state index in [-0.39, 0.29) is 18.9 Å². The number of amides is 1. The van der Waals surface area contributed by atoms with E-state index in [0.717, 1.165) is 57.8 Å². The number of hydrogen-bond acceptors (Lipinski definition) is 18. The van der Waals surface area contributed by atoms with Crippen molar-refractivity contribution in [2.24, 2.45) is 0 Å². The van der Waals surface area contributed by atoms with Crippen molar-refractivity contribution < 1.29 is 89.4 Å². The third-order valence-electron chi connectivity index (χ3n) is 18.2. The monoisotopic (exact) mass is 1290 g/mol. The van der Waals surface area contributed by atoms with Crippen molar-refractivity contribution in [2.45, 2.75) is 381 Å². The third kappa shape index (κ3) is 34.6. The number of rotatable bonds is 56. The number of carbonyl (C=O) groups excluding carboxylic acids is 1. The molecule has 3 aliphatic heterocycles. The number of aliphatic hydroxyl groups is 11. The van der Waals surface area contributed by atoms with Crippen LogP contribution >= 0.6 is 0 Å². The quantitative estimate of drug-likeness (QED) is 0.0199. The van der Waals surface area contributed by atoms with Gasteiger partial charge >= 0.3 is 0 Å². The zero-order valence-electron chi connectivity index (χ0n) is 55.9. The molecule has 3 rings (SSSR count). The molecule has 3 heterocycles. The molecule has 19 nitrogen and oxygen atoms in total. The fourth-order valence-corrected chi connectivity index (χ4v) is 12.3. The van der Waals surface area contributed by atoms with Crippen molar-refractivity contribution in [2.75, 3.05) is 26.4 Å². The number of nitrogens with one attached hydrogen (secondary N) is 1. The van der Waals surface area contributed by atoms with E-state index in [0.29, 0.717) is 12.8 Å². The van der Waals surface area contributed by atoms with Gasteiger partial charge in [-0.2, -0.15) is 0 Å². The van der Waals surface area contributed by atoms with Gasteiger partial charge in [-0.1, -0.05) is 249 Å². The van der Waals surface area contributed by atoms with Crippen LogP contribution in [-0.2, 0) is 33.2 Å². The Morgan fingerprint density at radius 3 is 1.11 bits per heavy atom. The summed E-state index contributed by atoms with van der Waals surface area (Å²) in [6.45, 7) is 1.72. The van der Waals surface area contributed by atoms with Gasteiger partial charge in [0, 0.05) is 6.42 Å². The maximum absolute atomic E-state index is 13.4. The second kappa shape index (κ2) is 53.2. The molecule has 3 saturated heterocycles. The lowest BCUT2D eigenvalue weighted by Crippen LogP contribution is -2.66. The average Bonchev–Trinajstić information content (AvgIpc) is 0.866. The Kier molecular flexibility index (Phi) is 48.6. The van der Waals surface area contributed by atoms with Gasteiger partial charge in [-0.25, -0.2) is 0 Å². The first-order valence-corrected chi connectivity index (χ1v) is 36.2. The van der Waals surface area contributed by atoms with Gasteiger partial charge < -0.3 is 89.9 Å². The Morgan fingerprint density at radius 2 is 0.711 bits per heavy atom. The first-order chi connectivity index (χ1) is 43.8. The van der Waals surface area contributed by atoms with Crippen molar-refractivity contribution in [3.63, 3.8) is 0 Å². The molecule has 0 aromatic carbocycles. The Morgan fingerprint density at radius 1 is 0.389 bits per heavy atom. The molecule has 1 amide bonds. The fraction of sp³-hybridized carbons (Fsp3) is 0.901. The molecule has 528 valence electrons. The molecule has 0 spiro atoms. The van der Waals surface area contributed by atoms with Gasteiger partial charge in [-0.05, 0) is 57.8 Å². The van der Waals surface area contributed by atoms with Gasteiger partial charge in [0.15, 0.2) is 18.9 Å². The molecule has 0 bridgehead atoms. The van der Waals surface area contributed by atoms with Gasteiger partial charge in [0.05, 0.1) is 38.6 Å². The molecule has 0 aliphatic carbocycles. The summed E-state index contributed by atoms with van der Waals surface area (Å²) in [4.78, 5) is 13.4. The number of unbranched alkanes of at least 4 members (excludes halogenated alkanes) is 36. The van der Waals surface area contributed by atoms with Crippen LogP contribution in [0, 0.1) is 0 Å². The number of aliphatic hydroxyl groups excluding tert-OH is 11. The van der Waals surface area contributed by atoms with Crippen molar-refractivity contribution in [3.8, 4) is 0 Å². The Hall–Kier alpha value is -1.99. The largest absolute Gasteiger partial charge is 0.394 e. The van der Waals surface area contributed by atoms with Gasteiger partial charge in [0.1, 0.15) is 73.2 Å². The summed E-state index contributed by atoms with van der Waals surface area (Å²) in [6.07, 6.45) is 35.7. The molecular formula is C71H131NO18. The van der Waals surface area contributed by atoms with E-state index < -0.39 is 124 Å². The van der Waals surface area contributed by atoms with Crippen LogP contribution in [0.3, 0.4) is 0 Å². The predicted octanol–water partition coefficient (Wildman–Crippen LogP) is 10.00. The molecule has 0 radical (unpaired) electrons. The van der Waals surface area contributed by atoms with Crippen LogP contribution in [0.5, 0.6) is 0 Å². The van der Waals surface area contributed by atoms with E-state index in [1.165, 1.54) is 186 Å². The topological polar surface area (TPSA) is 307 Å². The van der Waals surface area contributed by atoms with Crippen LogP contribution in [0.4, 0.5) is 0 Å². The number of allylic oxidation sites excluding steroid dienone is 5. The van der Waals surface area contributed by atoms with Crippen LogP contribution in [0.15, 0.2) is 36.5 Å². The molecule has 3 aliphatic rings. The van der Waals surface area contributed by atoms with Crippen LogP contribution in [-0.4, -0.2) is 193 Å². The van der Waals surface area contributed by atoms with E-state index in [1.54, 1.807) is 6.08 Å². The maximum Gasteiger partial charge on any atom is 0.220 e. The molecule has 19 heteroatoms. The van der Waals surface area contributed by atoms with Crippen molar-refractivity contribution in [3.05, 3.63) is 36.5 Å². The minimum absolute atomic E-state index is 0.226. The SMILES string of the molecule is CCCCCCCC/C=C\CCCCCCCC(=O)NC(COC1OC(CO)C(OC2OC(CO)C(OC3OC(CO)C(O)C(O)C3O)C(O)C2O)C(O)C1O)C(O)/C=C/CC/C=C/CCCCCCCCCCCCCCCCCCCCCCCCCC. The van der Waals surface area contributed by atoms with Gasteiger partial charge in [-0.15, -0.1) is 0 Å². The number of hydrogen-bond donors (Lipinski definition) is 12. The first kappa shape index (κ1) is 82.2. The highest BCUT2D eigenvalue weighted by atomic mass is 16.8. The Balaban J connectivity index is 1.41. The summed E-state index contributed by atoms with van der Waals surface area (Å²) in [5.74, 6) is -0.292. The van der Waals surface area contributed by atoms with Crippen molar-refractivity contribution >= 4 is 5.91 Å². The smallest absolute Gasteiger partial charge is 0.220 e. The van der Waals surface area contributed by atoms with Gasteiger partial charge in [0.25, 0.3) is 0 Å². The average molecular weight is 1290 g/mol. The second-order valence-electron chi connectivity index (χ2n) is 26.0. The third-order valence-corrected chi connectivity index (χ3v) is 18.2. The van der Waals surface area contributed by atoms with Crippen LogP contribution in [0.1, 0.15) is 277 Å². The van der Waals surface area contributed by atoms with E-state index in [2.05, 4.69) is 43.5 Å². The van der Waals surface area contributed by atoms with Crippen LogP contribution < -0.4 is 5.32 Å². The molecule has 0 aromatic rings. The first-order valence-electron chi connectivity index (χ1n) is 36.2. The normalized spacial score (nSPS) is 28.2. The summed E-state index contributed by atoms with van der Waals surface area (Å²) in [7, 11) is 0. The maximum atomic E-state index is 13.4. The lowest BCUT2D eigenvalue weighted by Gasteiger charge is -2.48. The van der Waals surface area contributed by atoms with E-state index >= 15 is 0 Å². The van der Waals surface area contributed by atoms with Crippen LogP contribution in [0.2, 0.25) is 0 Å². The molecule has 0 saturated carbocycles. The highest BCUT2D eigenvalue weighted by Gasteiger charge is 2.53. The van der Waals surface area contributed by atoms with Crippen LogP contribution in [0.25, 0.3) is 0 Å². The minimum Gasteiger partial charge on any atom is -0.394 e. The van der Waals surface area contributed by atoms with Crippen molar-refractivity contribution in [1.82, 2.24) is 5.32 Å². The fourth-order valence-electron chi connectivity index (χ4n) is 12.3. The summed E-state index contributed by atoms with van der Waals surface area (Å²) in [5.41, 5.74) is 0. The second-order valence-corrected chi connectivity index (χ2v) is 26.0. The lowest BCUT2D eigenvalue weighted by atomic mass is 9.96. The van der Waals surface area contributed by atoms with E-state index in [9.17, 15) is 61.0 Å². The molecule has 12 N–H and O–H groups in total.